The largest absolute Gasteiger partial charge is 0.297 e. The second-order valence-corrected chi connectivity index (χ2v) is 9.29. The fraction of sp³-hybridized carbons (Fsp3) is 0.333. The molecule has 8 heteroatoms. The van der Waals surface area contributed by atoms with E-state index in [1.54, 1.807) is 38.1 Å². The highest BCUT2D eigenvalue weighted by Gasteiger charge is 2.28. The molecule has 0 aliphatic carbocycles. The van der Waals surface area contributed by atoms with Gasteiger partial charge in [0.1, 0.15) is 12.2 Å². The van der Waals surface area contributed by atoms with E-state index < -0.39 is 32.4 Å². The van der Waals surface area contributed by atoms with E-state index in [-0.39, 0.29) is 9.79 Å². The minimum Gasteiger partial charge on any atom is -0.261 e. The van der Waals surface area contributed by atoms with Gasteiger partial charge in [0, 0.05) is 0 Å². The first kappa shape index (κ1) is 20.6. The average Bonchev–Trinajstić information content (AvgIpc) is 2.54. The van der Waals surface area contributed by atoms with Gasteiger partial charge in [0.05, 0.1) is 9.79 Å². The molecule has 26 heavy (non-hydrogen) atoms. The van der Waals surface area contributed by atoms with E-state index in [4.69, 9.17) is 8.37 Å². The van der Waals surface area contributed by atoms with Crippen LogP contribution in [0.5, 0.6) is 0 Å². The summed E-state index contributed by atoms with van der Waals surface area (Å²) in [6, 6.07) is 12.6. The number of hydrogen-bond acceptors (Lipinski definition) is 6. The standard InChI is InChI=1S/C18H22O6S2/c1-13-7-5-9-17(11-13)25(19,20)23-15(3)16(4)24-26(21,22)18-10-6-8-14(2)12-18/h5-12,15-16H,1-4H3. The SMILES string of the molecule is Cc1cccc(S(=O)(=O)OC(C)C(C)OS(=O)(=O)c2cccc(C)c2)c1. The van der Waals surface area contributed by atoms with Gasteiger partial charge in [0.15, 0.2) is 0 Å². The van der Waals surface area contributed by atoms with Crippen molar-refractivity contribution in [1.29, 1.82) is 0 Å². The first-order valence-electron chi connectivity index (χ1n) is 8.01. The van der Waals surface area contributed by atoms with Crippen LogP contribution in [0.2, 0.25) is 0 Å². The van der Waals surface area contributed by atoms with E-state index in [1.807, 2.05) is 0 Å². The first-order valence-corrected chi connectivity index (χ1v) is 10.8. The molecule has 0 spiro atoms. The summed E-state index contributed by atoms with van der Waals surface area (Å²) in [7, 11) is -8.06. The Hall–Kier alpha value is -1.74. The van der Waals surface area contributed by atoms with Crippen LogP contribution in [0.15, 0.2) is 58.3 Å². The van der Waals surface area contributed by atoms with E-state index in [2.05, 4.69) is 0 Å². The molecule has 2 unspecified atom stereocenters. The minimum absolute atomic E-state index is 0.0121. The predicted molar refractivity (Wildman–Crippen MR) is 97.8 cm³/mol. The van der Waals surface area contributed by atoms with Crippen molar-refractivity contribution < 1.29 is 25.2 Å². The molecule has 0 saturated carbocycles. The molecule has 0 saturated heterocycles. The lowest BCUT2D eigenvalue weighted by Crippen LogP contribution is -2.31. The van der Waals surface area contributed by atoms with Crippen LogP contribution in [-0.2, 0) is 28.6 Å². The molecule has 0 radical (unpaired) electrons. The molecule has 2 rings (SSSR count). The van der Waals surface area contributed by atoms with Crippen molar-refractivity contribution in [2.75, 3.05) is 0 Å². The molecular weight excluding hydrogens is 376 g/mol. The highest BCUT2D eigenvalue weighted by molar-refractivity contribution is 7.87. The molecule has 0 aromatic heterocycles. The first-order chi connectivity index (χ1) is 12.0. The number of aryl methyl sites for hydroxylation is 2. The summed E-state index contributed by atoms with van der Waals surface area (Å²) in [5, 5.41) is 0. The van der Waals surface area contributed by atoms with Crippen molar-refractivity contribution in [3.05, 3.63) is 59.7 Å². The lowest BCUT2D eigenvalue weighted by molar-refractivity contribution is 0.0870. The maximum absolute atomic E-state index is 12.4. The van der Waals surface area contributed by atoms with Gasteiger partial charge in [-0.25, -0.2) is 0 Å². The normalized spacial score (nSPS) is 14.8. The van der Waals surface area contributed by atoms with Crippen LogP contribution in [-0.4, -0.2) is 29.0 Å². The summed E-state index contributed by atoms with van der Waals surface area (Å²) < 4.78 is 59.7. The highest BCUT2D eigenvalue weighted by atomic mass is 32.2. The van der Waals surface area contributed by atoms with Gasteiger partial charge in [-0.05, 0) is 63.1 Å². The van der Waals surface area contributed by atoms with Crippen LogP contribution in [0.1, 0.15) is 25.0 Å². The van der Waals surface area contributed by atoms with Gasteiger partial charge < -0.3 is 0 Å². The van der Waals surface area contributed by atoms with Crippen molar-refractivity contribution in [2.24, 2.45) is 0 Å². The third kappa shape index (κ3) is 5.14. The van der Waals surface area contributed by atoms with Gasteiger partial charge in [0.2, 0.25) is 0 Å². The molecular formula is C18H22O6S2. The summed E-state index contributed by atoms with van der Waals surface area (Å²) in [6.07, 6.45) is -2.00. The van der Waals surface area contributed by atoms with Gasteiger partial charge in [0.25, 0.3) is 20.2 Å². The molecule has 0 aliphatic rings. The molecule has 2 aromatic rings. The van der Waals surface area contributed by atoms with Gasteiger partial charge >= 0.3 is 0 Å². The van der Waals surface area contributed by atoms with Crippen LogP contribution >= 0.6 is 0 Å². The van der Waals surface area contributed by atoms with E-state index in [0.29, 0.717) is 0 Å². The summed E-state index contributed by atoms with van der Waals surface area (Å²) in [6.45, 7) is 6.43. The lowest BCUT2D eigenvalue weighted by Gasteiger charge is -2.20. The number of hydrogen-bond donors (Lipinski definition) is 0. The van der Waals surface area contributed by atoms with Crippen LogP contribution in [0, 0.1) is 13.8 Å². The fourth-order valence-electron chi connectivity index (χ4n) is 2.21. The molecule has 142 valence electrons. The van der Waals surface area contributed by atoms with Gasteiger partial charge in [-0.3, -0.25) is 8.37 Å². The zero-order valence-corrected chi connectivity index (χ0v) is 16.7. The zero-order chi connectivity index (χ0) is 19.5. The molecule has 2 atom stereocenters. The van der Waals surface area contributed by atoms with Crippen LogP contribution in [0.25, 0.3) is 0 Å². The summed E-state index contributed by atoms with van der Waals surface area (Å²) in [5.41, 5.74) is 1.54. The maximum Gasteiger partial charge on any atom is 0.297 e. The third-order valence-electron chi connectivity index (χ3n) is 3.77. The van der Waals surface area contributed by atoms with E-state index in [0.717, 1.165) is 11.1 Å². The Labute approximate surface area is 155 Å². The Morgan fingerprint density at radius 1 is 0.692 bits per heavy atom. The Bertz CT molecular complexity index is 899. The summed E-state index contributed by atoms with van der Waals surface area (Å²) >= 11 is 0. The third-order valence-corrected chi connectivity index (χ3v) is 6.55. The van der Waals surface area contributed by atoms with Crippen molar-refractivity contribution in [2.45, 2.75) is 49.7 Å². The van der Waals surface area contributed by atoms with Gasteiger partial charge in [-0.15, -0.1) is 0 Å². The zero-order valence-electron chi connectivity index (χ0n) is 15.0. The van der Waals surface area contributed by atoms with E-state index in [1.165, 1.54) is 38.1 Å². The van der Waals surface area contributed by atoms with Crippen LogP contribution in [0.4, 0.5) is 0 Å². The van der Waals surface area contributed by atoms with Crippen molar-refractivity contribution >= 4 is 20.2 Å². The van der Waals surface area contributed by atoms with Crippen molar-refractivity contribution in [1.82, 2.24) is 0 Å². The van der Waals surface area contributed by atoms with Crippen molar-refractivity contribution in [3.63, 3.8) is 0 Å². The highest BCUT2D eigenvalue weighted by Crippen LogP contribution is 2.21. The predicted octanol–water partition coefficient (Wildman–Crippen LogP) is 3.19. The molecule has 0 N–H and O–H groups in total. The number of benzene rings is 2. The summed E-state index contributed by atoms with van der Waals surface area (Å²) in [4.78, 5) is 0.0242. The second-order valence-electron chi connectivity index (χ2n) is 6.14. The molecule has 0 fully saturated rings. The Balaban J connectivity index is 2.13. The Morgan fingerprint density at radius 2 is 1.04 bits per heavy atom. The van der Waals surface area contributed by atoms with Crippen molar-refractivity contribution in [3.8, 4) is 0 Å². The quantitative estimate of drug-likeness (QED) is 0.666. The Morgan fingerprint density at radius 3 is 1.35 bits per heavy atom. The molecule has 6 nitrogen and oxygen atoms in total. The van der Waals surface area contributed by atoms with Crippen LogP contribution < -0.4 is 0 Å². The Kier molecular flexibility index (Phi) is 6.23. The van der Waals surface area contributed by atoms with Crippen LogP contribution in [0.3, 0.4) is 0 Å². The minimum atomic E-state index is -4.03. The van der Waals surface area contributed by atoms with Gasteiger partial charge in [-0.1, -0.05) is 24.3 Å². The molecule has 0 aliphatic heterocycles. The van der Waals surface area contributed by atoms with E-state index >= 15 is 0 Å². The smallest absolute Gasteiger partial charge is 0.261 e. The fourth-order valence-corrected chi connectivity index (χ4v) is 4.69. The van der Waals surface area contributed by atoms with E-state index in [9.17, 15) is 16.8 Å². The lowest BCUT2D eigenvalue weighted by atomic mass is 10.2. The molecule has 0 bridgehead atoms. The molecule has 0 amide bonds. The second kappa shape index (κ2) is 7.87. The monoisotopic (exact) mass is 398 g/mol. The average molecular weight is 399 g/mol. The van der Waals surface area contributed by atoms with Gasteiger partial charge in [-0.2, -0.15) is 16.8 Å². The molecule has 0 heterocycles. The summed E-state index contributed by atoms with van der Waals surface area (Å²) in [5.74, 6) is 0. The maximum atomic E-state index is 12.4. The topological polar surface area (TPSA) is 86.7 Å². The molecule has 2 aromatic carbocycles. The number of rotatable bonds is 7.